The summed E-state index contributed by atoms with van der Waals surface area (Å²) in [6.45, 7) is 14.5. The highest BCUT2D eigenvalue weighted by molar-refractivity contribution is 6.77. The van der Waals surface area contributed by atoms with Crippen LogP contribution in [-0.2, 0) is 9.16 Å². The number of nitrogen functional groups attached to an aromatic ring is 1. The Kier molecular flexibility index (Phi) is 5.88. The molecule has 1 aliphatic rings. The van der Waals surface area contributed by atoms with Gasteiger partial charge in [0.2, 0.25) is 0 Å². The molecule has 0 spiro atoms. The molecule has 7 nitrogen and oxygen atoms in total. The number of nitrogens with two attached hydrogens (primary N) is 1. The maximum Gasteiger partial charge on any atom is 0.200 e. The largest absolute Gasteiger partial charge is 0.413 e. The van der Waals surface area contributed by atoms with Crippen molar-refractivity contribution in [2.24, 2.45) is 0 Å². The fourth-order valence-corrected chi connectivity index (χ4v) is 10.3. The third-order valence-corrected chi connectivity index (χ3v) is 12.1. The lowest BCUT2D eigenvalue weighted by Crippen LogP contribution is -2.49. The van der Waals surface area contributed by atoms with Gasteiger partial charge in [-0.1, -0.05) is 41.5 Å². The zero-order valence-corrected chi connectivity index (χ0v) is 18.3. The lowest BCUT2D eigenvalue weighted by Gasteiger charge is -2.42. The van der Waals surface area contributed by atoms with Crippen molar-refractivity contribution in [2.45, 2.75) is 83.3 Å². The highest BCUT2D eigenvalue weighted by atomic mass is 28.4. The average Bonchev–Trinajstić information content (AvgIpc) is 3.21. The molecule has 2 N–H and O–H groups in total. The van der Waals surface area contributed by atoms with E-state index in [0.29, 0.717) is 34.6 Å². The first kappa shape index (κ1) is 20.2. The summed E-state index contributed by atoms with van der Waals surface area (Å²) >= 11 is 0. The summed E-state index contributed by atoms with van der Waals surface area (Å²) < 4.78 is 15.0. The van der Waals surface area contributed by atoms with Gasteiger partial charge in [-0.25, -0.2) is 15.0 Å². The number of anilines is 1. The van der Waals surface area contributed by atoms with Gasteiger partial charge in [0.1, 0.15) is 18.1 Å². The molecule has 27 heavy (non-hydrogen) atoms. The van der Waals surface area contributed by atoms with Crippen molar-refractivity contribution in [3.05, 3.63) is 12.7 Å². The molecule has 1 saturated heterocycles. The van der Waals surface area contributed by atoms with Gasteiger partial charge in [0.25, 0.3) is 0 Å². The molecule has 3 heterocycles. The lowest BCUT2D eigenvalue weighted by atomic mass is 10.2. The number of aromatic nitrogens is 4. The van der Waals surface area contributed by atoms with Gasteiger partial charge in [0.15, 0.2) is 19.8 Å². The van der Waals surface area contributed by atoms with Crippen molar-refractivity contribution < 1.29 is 9.16 Å². The molecule has 150 valence electrons. The molecule has 0 bridgehead atoms. The first-order valence-electron chi connectivity index (χ1n) is 9.99. The zero-order chi connectivity index (χ0) is 19.8. The van der Waals surface area contributed by atoms with E-state index in [-0.39, 0.29) is 12.3 Å². The zero-order valence-electron chi connectivity index (χ0n) is 17.3. The van der Waals surface area contributed by atoms with Crippen LogP contribution in [0.4, 0.5) is 5.82 Å². The lowest BCUT2D eigenvalue weighted by molar-refractivity contribution is -0.0188. The molecule has 0 unspecified atom stereocenters. The van der Waals surface area contributed by atoms with Crippen LogP contribution in [0.5, 0.6) is 0 Å². The van der Waals surface area contributed by atoms with Crippen LogP contribution in [0.2, 0.25) is 16.6 Å². The fourth-order valence-electron chi connectivity index (χ4n) is 4.83. The second-order valence-electron chi connectivity index (χ2n) is 8.50. The van der Waals surface area contributed by atoms with Gasteiger partial charge < -0.3 is 14.9 Å². The van der Waals surface area contributed by atoms with Crippen molar-refractivity contribution in [1.29, 1.82) is 0 Å². The van der Waals surface area contributed by atoms with Gasteiger partial charge in [0.05, 0.1) is 19.0 Å². The first-order chi connectivity index (χ1) is 12.8. The van der Waals surface area contributed by atoms with Crippen molar-refractivity contribution in [3.63, 3.8) is 0 Å². The van der Waals surface area contributed by atoms with E-state index in [2.05, 4.69) is 56.5 Å². The number of nitrogens with zero attached hydrogens (tertiary/aromatic N) is 4. The molecule has 1 fully saturated rings. The van der Waals surface area contributed by atoms with E-state index < -0.39 is 8.32 Å². The van der Waals surface area contributed by atoms with Gasteiger partial charge in [-0.15, -0.1) is 0 Å². The Bertz CT molecular complexity index is 755. The third kappa shape index (κ3) is 3.62. The van der Waals surface area contributed by atoms with Crippen LogP contribution >= 0.6 is 0 Å². The van der Waals surface area contributed by atoms with Gasteiger partial charge in [0, 0.05) is 0 Å². The number of fused-ring (bicyclic) bond motifs is 1. The van der Waals surface area contributed by atoms with Crippen molar-refractivity contribution in [2.75, 3.05) is 12.3 Å². The molecule has 0 radical (unpaired) electrons. The van der Waals surface area contributed by atoms with Crippen LogP contribution in [0, 0.1) is 0 Å². The highest BCUT2D eigenvalue weighted by Crippen LogP contribution is 2.43. The van der Waals surface area contributed by atoms with Gasteiger partial charge in [-0.05, 0) is 29.5 Å². The predicted octanol–water partition coefficient (Wildman–Crippen LogP) is 4.28. The quantitative estimate of drug-likeness (QED) is 0.709. The van der Waals surface area contributed by atoms with Crippen LogP contribution in [-0.4, -0.2) is 40.5 Å². The van der Waals surface area contributed by atoms with E-state index in [1.165, 1.54) is 6.33 Å². The molecule has 3 rings (SSSR count). The van der Waals surface area contributed by atoms with E-state index in [0.717, 1.165) is 18.5 Å². The SMILES string of the molecule is CC(C)[Si](OC[C@H]1CC[C@H](n2cnc3c(N)ncnc32)O1)(C(C)C)C(C)C. The molecule has 2 aromatic rings. The smallest absolute Gasteiger partial charge is 0.200 e. The molecule has 8 heteroatoms. The summed E-state index contributed by atoms with van der Waals surface area (Å²) in [7, 11) is -1.87. The average molecular weight is 392 g/mol. The Hall–Kier alpha value is -1.51. The second kappa shape index (κ2) is 7.85. The molecule has 2 aromatic heterocycles. The van der Waals surface area contributed by atoms with Crippen molar-refractivity contribution in [3.8, 4) is 0 Å². The Labute approximate surface area is 162 Å². The maximum absolute atomic E-state index is 6.71. The predicted molar refractivity (Wildman–Crippen MR) is 110 cm³/mol. The molecular weight excluding hydrogens is 358 g/mol. The van der Waals surface area contributed by atoms with Crippen LogP contribution in [0.1, 0.15) is 60.6 Å². The summed E-state index contributed by atoms with van der Waals surface area (Å²) in [5.41, 5.74) is 8.98. The van der Waals surface area contributed by atoms with Crippen LogP contribution < -0.4 is 5.73 Å². The topological polar surface area (TPSA) is 88.1 Å². The highest BCUT2D eigenvalue weighted by Gasteiger charge is 2.45. The van der Waals surface area contributed by atoms with Gasteiger partial charge in [-0.3, -0.25) is 4.57 Å². The molecule has 0 aliphatic carbocycles. The van der Waals surface area contributed by atoms with Crippen LogP contribution in [0.15, 0.2) is 12.7 Å². The maximum atomic E-state index is 6.71. The number of hydrogen-bond acceptors (Lipinski definition) is 6. The Morgan fingerprint density at radius 3 is 2.41 bits per heavy atom. The Morgan fingerprint density at radius 2 is 1.78 bits per heavy atom. The van der Waals surface area contributed by atoms with E-state index in [1.54, 1.807) is 6.33 Å². The second-order valence-corrected chi connectivity index (χ2v) is 14.0. The van der Waals surface area contributed by atoms with E-state index >= 15 is 0 Å². The standard InChI is InChI=1S/C19H33N5O2Si/c1-12(2)27(13(3)4,14(5)6)25-9-15-7-8-16(26-15)24-11-23-17-18(20)21-10-22-19(17)24/h10-16H,7-9H2,1-6H3,(H2,20,21,22)/t15-,16-/m1/s1. The minimum Gasteiger partial charge on any atom is -0.413 e. The summed E-state index contributed by atoms with van der Waals surface area (Å²) in [6.07, 6.45) is 5.14. The van der Waals surface area contributed by atoms with Gasteiger partial charge >= 0.3 is 0 Å². The van der Waals surface area contributed by atoms with Crippen LogP contribution in [0.25, 0.3) is 11.2 Å². The van der Waals surface area contributed by atoms with E-state index in [4.69, 9.17) is 14.9 Å². The number of imidazole rings is 1. The third-order valence-electron chi connectivity index (χ3n) is 6.01. The number of hydrogen-bond donors (Lipinski definition) is 1. The number of ether oxygens (including phenoxy) is 1. The molecule has 1 aliphatic heterocycles. The van der Waals surface area contributed by atoms with Gasteiger partial charge in [-0.2, -0.15) is 0 Å². The summed E-state index contributed by atoms with van der Waals surface area (Å²) in [5, 5.41) is 0. The first-order valence-corrected chi connectivity index (χ1v) is 12.1. The van der Waals surface area contributed by atoms with Crippen molar-refractivity contribution in [1.82, 2.24) is 19.5 Å². The minimum atomic E-state index is -1.87. The molecule has 0 saturated carbocycles. The van der Waals surface area contributed by atoms with Crippen LogP contribution in [0.3, 0.4) is 0 Å². The monoisotopic (exact) mass is 391 g/mol. The summed E-state index contributed by atoms with van der Waals surface area (Å²) in [6, 6.07) is 0. The minimum absolute atomic E-state index is 0.0777. The molecule has 2 atom stereocenters. The summed E-state index contributed by atoms with van der Waals surface area (Å²) in [4.78, 5) is 12.7. The molecular formula is C19H33N5O2Si. The fraction of sp³-hybridized carbons (Fsp3) is 0.737. The Morgan fingerprint density at radius 1 is 1.11 bits per heavy atom. The number of rotatable bonds is 7. The normalized spacial score (nSPS) is 21.2. The van der Waals surface area contributed by atoms with Crippen molar-refractivity contribution >= 4 is 25.3 Å². The summed E-state index contributed by atoms with van der Waals surface area (Å²) in [5.74, 6) is 0.401. The molecule has 0 aromatic carbocycles. The van der Waals surface area contributed by atoms with E-state index in [9.17, 15) is 0 Å². The van der Waals surface area contributed by atoms with E-state index in [1.807, 2.05) is 4.57 Å². The molecule has 0 amide bonds. The Balaban J connectivity index is 1.70.